The molecule has 1 aliphatic heterocycles. The van der Waals surface area contributed by atoms with Crippen molar-refractivity contribution in [3.05, 3.63) is 23.9 Å². The van der Waals surface area contributed by atoms with Crippen LogP contribution in [0.2, 0.25) is 0 Å². The topological polar surface area (TPSA) is 52.6 Å². The fourth-order valence-electron chi connectivity index (χ4n) is 3.01. The number of aromatic nitrogens is 1. The van der Waals surface area contributed by atoms with Crippen molar-refractivity contribution in [3.8, 4) is 0 Å². The zero-order valence-corrected chi connectivity index (χ0v) is 17.8. The van der Waals surface area contributed by atoms with E-state index in [0.717, 1.165) is 55.4 Å². The van der Waals surface area contributed by atoms with Gasteiger partial charge in [-0.2, -0.15) is 0 Å². The molecule has 2 heterocycles. The third-order valence-corrected chi connectivity index (χ3v) is 4.94. The SMILES string of the molecule is CCNC(=NCc1ccc(N2CCC(C)CC2)nc1)NCC1CC1.I. The van der Waals surface area contributed by atoms with E-state index in [1.165, 1.54) is 25.7 Å². The molecule has 1 saturated carbocycles. The number of aliphatic imine (C=N–C) groups is 1. The van der Waals surface area contributed by atoms with Crippen LogP contribution in [0.4, 0.5) is 5.82 Å². The number of hydrogen-bond donors (Lipinski definition) is 2. The van der Waals surface area contributed by atoms with E-state index >= 15 is 0 Å². The molecule has 2 N–H and O–H groups in total. The summed E-state index contributed by atoms with van der Waals surface area (Å²) in [6, 6.07) is 4.31. The Morgan fingerprint density at radius 3 is 2.56 bits per heavy atom. The second kappa shape index (κ2) is 10.2. The van der Waals surface area contributed by atoms with Crippen molar-refractivity contribution in [2.75, 3.05) is 31.1 Å². The van der Waals surface area contributed by atoms with Crippen LogP contribution in [0.3, 0.4) is 0 Å². The molecular formula is C19H32IN5. The molecule has 0 unspecified atom stereocenters. The van der Waals surface area contributed by atoms with E-state index in [1.54, 1.807) is 0 Å². The van der Waals surface area contributed by atoms with Crippen molar-refractivity contribution in [2.45, 2.75) is 46.1 Å². The fraction of sp³-hybridized carbons (Fsp3) is 0.684. The summed E-state index contributed by atoms with van der Waals surface area (Å²) < 4.78 is 0. The molecule has 25 heavy (non-hydrogen) atoms. The van der Waals surface area contributed by atoms with Gasteiger partial charge in [-0.25, -0.2) is 9.98 Å². The number of piperidine rings is 1. The van der Waals surface area contributed by atoms with Crippen molar-refractivity contribution < 1.29 is 0 Å². The number of halogens is 1. The van der Waals surface area contributed by atoms with Gasteiger partial charge in [-0.15, -0.1) is 24.0 Å². The van der Waals surface area contributed by atoms with Gasteiger partial charge in [0.2, 0.25) is 0 Å². The number of rotatable bonds is 6. The Morgan fingerprint density at radius 1 is 1.20 bits per heavy atom. The lowest BCUT2D eigenvalue weighted by Gasteiger charge is -2.31. The molecule has 1 saturated heterocycles. The summed E-state index contributed by atoms with van der Waals surface area (Å²) >= 11 is 0. The molecule has 2 fully saturated rings. The van der Waals surface area contributed by atoms with Crippen LogP contribution < -0.4 is 15.5 Å². The smallest absolute Gasteiger partial charge is 0.191 e. The molecule has 1 aliphatic carbocycles. The highest BCUT2D eigenvalue weighted by molar-refractivity contribution is 14.0. The molecule has 2 aliphatic rings. The van der Waals surface area contributed by atoms with Crippen molar-refractivity contribution >= 4 is 35.8 Å². The molecule has 0 bridgehead atoms. The van der Waals surface area contributed by atoms with Crippen LogP contribution in [-0.2, 0) is 6.54 Å². The number of nitrogens with zero attached hydrogens (tertiary/aromatic N) is 3. The molecule has 1 aromatic rings. The average molecular weight is 457 g/mol. The molecule has 3 rings (SSSR count). The molecule has 6 heteroatoms. The highest BCUT2D eigenvalue weighted by Gasteiger charge is 2.21. The van der Waals surface area contributed by atoms with Crippen LogP contribution in [0.25, 0.3) is 0 Å². The van der Waals surface area contributed by atoms with Crippen LogP contribution in [0.15, 0.2) is 23.3 Å². The third kappa shape index (κ3) is 6.64. The van der Waals surface area contributed by atoms with E-state index in [1.807, 2.05) is 6.20 Å². The van der Waals surface area contributed by atoms with E-state index in [2.05, 4.69) is 51.5 Å². The number of anilines is 1. The molecule has 1 aromatic heterocycles. The van der Waals surface area contributed by atoms with Gasteiger partial charge in [0.25, 0.3) is 0 Å². The molecular weight excluding hydrogens is 425 g/mol. The summed E-state index contributed by atoms with van der Waals surface area (Å²) in [5.41, 5.74) is 1.16. The maximum absolute atomic E-state index is 4.68. The van der Waals surface area contributed by atoms with Crippen molar-refractivity contribution in [3.63, 3.8) is 0 Å². The lowest BCUT2D eigenvalue weighted by molar-refractivity contribution is 0.436. The fourth-order valence-corrected chi connectivity index (χ4v) is 3.01. The number of nitrogens with one attached hydrogen (secondary N) is 2. The van der Waals surface area contributed by atoms with Crippen LogP contribution in [0, 0.1) is 11.8 Å². The first-order valence-electron chi connectivity index (χ1n) is 9.46. The minimum Gasteiger partial charge on any atom is -0.357 e. The zero-order valence-electron chi connectivity index (χ0n) is 15.5. The second-order valence-electron chi connectivity index (χ2n) is 7.21. The molecule has 140 valence electrons. The summed E-state index contributed by atoms with van der Waals surface area (Å²) in [6.45, 7) is 9.29. The summed E-state index contributed by atoms with van der Waals surface area (Å²) in [5.74, 6) is 3.72. The molecule has 0 aromatic carbocycles. The van der Waals surface area contributed by atoms with Gasteiger partial charge in [0.05, 0.1) is 6.54 Å². The predicted molar refractivity (Wildman–Crippen MR) is 116 cm³/mol. The van der Waals surface area contributed by atoms with E-state index in [0.29, 0.717) is 6.54 Å². The van der Waals surface area contributed by atoms with Crippen LogP contribution in [-0.4, -0.2) is 37.1 Å². The van der Waals surface area contributed by atoms with Crippen LogP contribution in [0.5, 0.6) is 0 Å². The van der Waals surface area contributed by atoms with Gasteiger partial charge in [-0.1, -0.05) is 13.0 Å². The Bertz CT molecular complexity index is 533. The Hall–Kier alpha value is -1.05. The number of guanidine groups is 1. The maximum atomic E-state index is 4.68. The first-order valence-corrected chi connectivity index (χ1v) is 9.46. The van der Waals surface area contributed by atoms with Gasteiger partial charge in [0, 0.05) is 32.4 Å². The van der Waals surface area contributed by atoms with Crippen LogP contribution >= 0.6 is 24.0 Å². The summed E-state index contributed by atoms with van der Waals surface area (Å²) in [6.07, 6.45) is 7.22. The van der Waals surface area contributed by atoms with Gasteiger partial charge in [-0.3, -0.25) is 0 Å². The van der Waals surface area contributed by atoms with Gasteiger partial charge < -0.3 is 15.5 Å². The van der Waals surface area contributed by atoms with E-state index in [4.69, 9.17) is 0 Å². The summed E-state index contributed by atoms with van der Waals surface area (Å²) in [4.78, 5) is 11.7. The lowest BCUT2D eigenvalue weighted by Crippen LogP contribution is -2.38. The number of hydrogen-bond acceptors (Lipinski definition) is 3. The highest BCUT2D eigenvalue weighted by atomic mass is 127. The molecule has 0 amide bonds. The largest absolute Gasteiger partial charge is 0.357 e. The van der Waals surface area contributed by atoms with Crippen molar-refractivity contribution in [1.29, 1.82) is 0 Å². The Labute approximate surface area is 169 Å². The van der Waals surface area contributed by atoms with Crippen molar-refractivity contribution in [2.24, 2.45) is 16.8 Å². The molecule has 0 radical (unpaired) electrons. The Morgan fingerprint density at radius 2 is 1.96 bits per heavy atom. The van der Waals surface area contributed by atoms with E-state index < -0.39 is 0 Å². The molecule has 5 nitrogen and oxygen atoms in total. The predicted octanol–water partition coefficient (Wildman–Crippen LogP) is 3.40. The first kappa shape index (κ1) is 20.3. The van der Waals surface area contributed by atoms with Crippen LogP contribution in [0.1, 0.15) is 45.1 Å². The Kier molecular flexibility index (Phi) is 8.26. The van der Waals surface area contributed by atoms with Gasteiger partial charge in [-0.05, 0) is 56.1 Å². The van der Waals surface area contributed by atoms with Gasteiger partial charge >= 0.3 is 0 Å². The second-order valence-corrected chi connectivity index (χ2v) is 7.21. The number of pyridine rings is 1. The van der Waals surface area contributed by atoms with Gasteiger partial charge in [0.1, 0.15) is 5.82 Å². The average Bonchev–Trinajstić information content (AvgIpc) is 3.43. The lowest BCUT2D eigenvalue weighted by atomic mass is 9.99. The van der Waals surface area contributed by atoms with Gasteiger partial charge in [0.15, 0.2) is 5.96 Å². The Balaban J connectivity index is 0.00000225. The minimum atomic E-state index is 0. The first-order chi connectivity index (χ1) is 11.7. The van der Waals surface area contributed by atoms with E-state index in [-0.39, 0.29) is 24.0 Å². The molecule has 0 spiro atoms. The standard InChI is InChI=1S/C19H31N5.HI/c1-3-20-19(22-12-16-4-5-16)23-14-17-6-7-18(21-13-17)24-10-8-15(2)9-11-24;/h6-7,13,15-16H,3-5,8-12,14H2,1-2H3,(H2,20,22,23);1H. The monoisotopic (exact) mass is 457 g/mol. The minimum absolute atomic E-state index is 0. The zero-order chi connectivity index (χ0) is 16.8. The highest BCUT2D eigenvalue weighted by Crippen LogP contribution is 2.27. The maximum Gasteiger partial charge on any atom is 0.191 e. The summed E-state index contributed by atoms with van der Waals surface area (Å²) in [7, 11) is 0. The molecule has 0 atom stereocenters. The van der Waals surface area contributed by atoms with E-state index in [9.17, 15) is 0 Å². The summed E-state index contributed by atoms with van der Waals surface area (Å²) in [5, 5.41) is 6.74. The third-order valence-electron chi connectivity index (χ3n) is 4.94. The quantitative estimate of drug-likeness (QED) is 0.391. The van der Waals surface area contributed by atoms with Crippen molar-refractivity contribution in [1.82, 2.24) is 15.6 Å². The normalized spacial score (nSPS) is 18.6.